The topological polar surface area (TPSA) is 29.1 Å². The molecular formula is C12H13NOS. The highest BCUT2D eigenvalue weighted by molar-refractivity contribution is 7.98. The van der Waals surface area contributed by atoms with Crippen LogP contribution < -0.4 is 5.32 Å². The van der Waals surface area contributed by atoms with Crippen molar-refractivity contribution in [3.63, 3.8) is 0 Å². The summed E-state index contributed by atoms with van der Waals surface area (Å²) in [4.78, 5) is 12.7. The van der Waals surface area contributed by atoms with Crippen molar-refractivity contribution in [1.82, 2.24) is 5.32 Å². The van der Waals surface area contributed by atoms with Crippen molar-refractivity contribution in [1.29, 1.82) is 0 Å². The van der Waals surface area contributed by atoms with E-state index in [1.807, 2.05) is 30.5 Å². The molecule has 3 heteroatoms. The van der Waals surface area contributed by atoms with Crippen molar-refractivity contribution in [3.05, 3.63) is 29.8 Å². The molecule has 0 spiro atoms. The third-order valence-corrected chi connectivity index (χ3v) is 2.65. The zero-order valence-corrected chi connectivity index (χ0v) is 9.43. The molecule has 1 aromatic carbocycles. The van der Waals surface area contributed by atoms with E-state index in [9.17, 15) is 4.79 Å². The lowest BCUT2D eigenvalue weighted by Crippen LogP contribution is -2.23. The van der Waals surface area contributed by atoms with Crippen molar-refractivity contribution in [2.45, 2.75) is 11.3 Å². The summed E-state index contributed by atoms with van der Waals surface area (Å²) >= 11 is 1.65. The molecule has 1 rings (SSSR count). The van der Waals surface area contributed by atoms with Gasteiger partial charge >= 0.3 is 0 Å². The zero-order valence-electron chi connectivity index (χ0n) is 8.62. The molecule has 0 heterocycles. The molecule has 0 radical (unpaired) electrons. The smallest absolute Gasteiger partial charge is 0.251 e. The van der Waals surface area contributed by atoms with Gasteiger partial charge in [0.05, 0.1) is 0 Å². The van der Waals surface area contributed by atoms with Crippen LogP contribution in [0.4, 0.5) is 0 Å². The fraction of sp³-hybridized carbons (Fsp3) is 0.250. The first-order valence-corrected chi connectivity index (χ1v) is 5.86. The van der Waals surface area contributed by atoms with Gasteiger partial charge in [-0.3, -0.25) is 4.79 Å². The molecule has 0 fully saturated rings. The van der Waals surface area contributed by atoms with Crippen LogP contribution in [0.25, 0.3) is 0 Å². The maximum atomic E-state index is 11.5. The SMILES string of the molecule is C#CCCNC(=O)c1ccc(SC)cc1. The van der Waals surface area contributed by atoms with Crippen LogP contribution in [-0.2, 0) is 0 Å². The van der Waals surface area contributed by atoms with Gasteiger partial charge in [0.1, 0.15) is 0 Å². The lowest BCUT2D eigenvalue weighted by atomic mass is 10.2. The summed E-state index contributed by atoms with van der Waals surface area (Å²) in [6.07, 6.45) is 7.65. The molecule has 0 saturated carbocycles. The van der Waals surface area contributed by atoms with Crippen LogP contribution >= 0.6 is 11.8 Å². The normalized spacial score (nSPS) is 9.33. The van der Waals surface area contributed by atoms with E-state index in [4.69, 9.17) is 6.42 Å². The number of amides is 1. The second-order valence-electron chi connectivity index (χ2n) is 2.94. The number of hydrogen-bond donors (Lipinski definition) is 1. The van der Waals surface area contributed by atoms with E-state index in [-0.39, 0.29) is 5.91 Å². The number of benzene rings is 1. The fourth-order valence-corrected chi connectivity index (χ4v) is 1.50. The first-order chi connectivity index (χ1) is 7.27. The summed E-state index contributed by atoms with van der Waals surface area (Å²) in [6.45, 7) is 0.527. The molecule has 0 aliphatic rings. The minimum absolute atomic E-state index is 0.0714. The van der Waals surface area contributed by atoms with Crippen LogP contribution in [-0.4, -0.2) is 18.7 Å². The average molecular weight is 219 g/mol. The van der Waals surface area contributed by atoms with Crippen molar-refractivity contribution in [2.75, 3.05) is 12.8 Å². The third kappa shape index (κ3) is 3.69. The van der Waals surface area contributed by atoms with E-state index in [1.165, 1.54) is 0 Å². The van der Waals surface area contributed by atoms with Gasteiger partial charge in [-0.05, 0) is 30.5 Å². The Labute approximate surface area is 94.5 Å². The molecule has 1 amide bonds. The van der Waals surface area contributed by atoms with Gasteiger partial charge in [-0.25, -0.2) is 0 Å². The van der Waals surface area contributed by atoms with E-state index in [2.05, 4.69) is 11.2 Å². The van der Waals surface area contributed by atoms with Crippen molar-refractivity contribution in [2.24, 2.45) is 0 Å². The minimum atomic E-state index is -0.0714. The largest absolute Gasteiger partial charge is 0.351 e. The maximum absolute atomic E-state index is 11.5. The summed E-state index contributed by atoms with van der Waals surface area (Å²) in [6, 6.07) is 7.50. The molecule has 15 heavy (non-hydrogen) atoms. The Morgan fingerprint density at radius 3 is 2.67 bits per heavy atom. The first-order valence-electron chi connectivity index (χ1n) is 4.63. The summed E-state index contributed by atoms with van der Waals surface area (Å²) in [7, 11) is 0. The molecule has 0 bridgehead atoms. The predicted molar refractivity (Wildman–Crippen MR) is 64.0 cm³/mol. The second-order valence-corrected chi connectivity index (χ2v) is 3.82. The number of carbonyl (C=O) groups is 1. The highest BCUT2D eigenvalue weighted by Gasteiger charge is 2.03. The second kappa shape index (κ2) is 6.15. The quantitative estimate of drug-likeness (QED) is 0.477. The van der Waals surface area contributed by atoms with Crippen LogP contribution in [0.3, 0.4) is 0 Å². The molecule has 0 aliphatic carbocycles. The van der Waals surface area contributed by atoms with Gasteiger partial charge in [-0.1, -0.05) is 0 Å². The first kappa shape index (κ1) is 11.7. The Hall–Kier alpha value is -1.40. The van der Waals surface area contributed by atoms with Crippen LogP contribution in [0.1, 0.15) is 16.8 Å². The minimum Gasteiger partial charge on any atom is -0.351 e. The number of rotatable bonds is 4. The summed E-state index contributed by atoms with van der Waals surface area (Å²) < 4.78 is 0. The molecule has 2 nitrogen and oxygen atoms in total. The Balaban J connectivity index is 2.55. The molecule has 0 saturated heterocycles. The fourth-order valence-electron chi connectivity index (χ4n) is 1.09. The van der Waals surface area contributed by atoms with Crippen LogP contribution in [0.5, 0.6) is 0 Å². The predicted octanol–water partition coefficient (Wildman–Crippen LogP) is 2.16. The number of thioether (sulfide) groups is 1. The molecular weight excluding hydrogens is 206 g/mol. The summed E-state index contributed by atoms with van der Waals surface area (Å²) in [5.41, 5.74) is 0.671. The van der Waals surface area contributed by atoms with Crippen LogP contribution in [0, 0.1) is 12.3 Å². The number of hydrogen-bond acceptors (Lipinski definition) is 2. The third-order valence-electron chi connectivity index (χ3n) is 1.91. The lowest BCUT2D eigenvalue weighted by Gasteiger charge is -2.03. The van der Waals surface area contributed by atoms with E-state index >= 15 is 0 Å². The lowest BCUT2D eigenvalue weighted by molar-refractivity contribution is 0.0954. The molecule has 0 unspecified atom stereocenters. The number of terminal acetylenes is 1. The molecule has 1 aromatic rings. The molecule has 0 aliphatic heterocycles. The van der Waals surface area contributed by atoms with Gasteiger partial charge in [-0.15, -0.1) is 24.1 Å². The molecule has 0 atom stereocenters. The zero-order chi connectivity index (χ0) is 11.1. The van der Waals surface area contributed by atoms with Gasteiger partial charge in [0.25, 0.3) is 5.91 Å². The molecule has 78 valence electrons. The van der Waals surface area contributed by atoms with E-state index in [0.29, 0.717) is 18.5 Å². The standard InChI is InChI=1S/C12H13NOS/c1-3-4-9-13-12(14)10-5-7-11(15-2)8-6-10/h1,5-8H,4,9H2,2H3,(H,13,14). The number of carbonyl (C=O) groups excluding carboxylic acids is 1. The molecule has 1 N–H and O–H groups in total. The van der Waals surface area contributed by atoms with Crippen molar-refractivity contribution >= 4 is 17.7 Å². The maximum Gasteiger partial charge on any atom is 0.251 e. The van der Waals surface area contributed by atoms with Gasteiger partial charge in [-0.2, -0.15) is 0 Å². The van der Waals surface area contributed by atoms with E-state index in [0.717, 1.165) is 4.90 Å². The van der Waals surface area contributed by atoms with E-state index in [1.54, 1.807) is 11.8 Å². The Morgan fingerprint density at radius 1 is 1.47 bits per heavy atom. The van der Waals surface area contributed by atoms with Gasteiger partial charge in [0.2, 0.25) is 0 Å². The van der Waals surface area contributed by atoms with Crippen molar-refractivity contribution in [3.8, 4) is 12.3 Å². The van der Waals surface area contributed by atoms with E-state index < -0.39 is 0 Å². The van der Waals surface area contributed by atoms with Crippen LogP contribution in [0.15, 0.2) is 29.2 Å². The Kier molecular flexibility index (Phi) is 4.79. The highest BCUT2D eigenvalue weighted by atomic mass is 32.2. The average Bonchev–Trinajstić information content (AvgIpc) is 2.29. The van der Waals surface area contributed by atoms with Crippen molar-refractivity contribution < 1.29 is 4.79 Å². The number of nitrogens with one attached hydrogen (secondary N) is 1. The Bertz CT molecular complexity index is 364. The highest BCUT2D eigenvalue weighted by Crippen LogP contribution is 2.14. The molecule has 0 aromatic heterocycles. The summed E-state index contributed by atoms with van der Waals surface area (Å²) in [5.74, 6) is 2.40. The summed E-state index contributed by atoms with van der Waals surface area (Å²) in [5, 5.41) is 2.75. The van der Waals surface area contributed by atoms with Gasteiger partial charge < -0.3 is 5.32 Å². The Morgan fingerprint density at radius 2 is 2.13 bits per heavy atom. The monoisotopic (exact) mass is 219 g/mol. The van der Waals surface area contributed by atoms with Crippen LogP contribution in [0.2, 0.25) is 0 Å². The van der Waals surface area contributed by atoms with Gasteiger partial charge in [0.15, 0.2) is 0 Å². The van der Waals surface area contributed by atoms with Gasteiger partial charge in [0, 0.05) is 23.4 Å².